The van der Waals surface area contributed by atoms with Gasteiger partial charge in [-0.3, -0.25) is 4.79 Å². The van der Waals surface area contributed by atoms with Crippen LogP contribution in [-0.2, 0) is 4.79 Å². The number of hydrogen-bond donors (Lipinski definition) is 2. The Morgan fingerprint density at radius 3 is 2.86 bits per heavy atom. The zero-order valence-electron chi connectivity index (χ0n) is 13.0. The minimum absolute atomic E-state index is 0.0351. The van der Waals surface area contributed by atoms with Crippen LogP contribution in [0.25, 0.3) is 0 Å². The van der Waals surface area contributed by atoms with Crippen molar-refractivity contribution in [3.63, 3.8) is 0 Å². The van der Waals surface area contributed by atoms with Gasteiger partial charge in [-0.1, -0.05) is 18.5 Å². The van der Waals surface area contributed by atoms with Crippen LogP contribution in [0.4, 0.5) is 0 Å². The van der Waals surface area contributed by atoms with Gasteiger partial charge in [-0.25, -0.2) is 0 Å². The molecule has 0 heterocycles. The second kappa shape index (κ2) is 9.64. The van der Waals surface area contributed by atoms with Gasteiger partial charge in [-0.2, -0.15) is 0 Å². The molecule has 0 aliphatic heterocycles. The molecule has 0 saturated carbocycles. The van der Waals surface area contributed by atoms with E-state index in [9.17, 15) is 4.79 Å². The fourth-order valence-electron chi connectivity index (χ4n) is 2.00. The second-order valence-corrected chi connectivity index (χ2v) is 5.42. The molecule has 1 amide bonds. The van der Waals surface area contributed by atoms with Crippen molar-refractivity contribution in [3.8, 4) is 5.75 Å². The first-order valence-electron chi connectivity index (χ1n) is 7.44. The molecule has 0 spiro atoms. The number of hydrogen-bond acceptors (Lipinski definition) is 3. The van der Waals surface area contributed by atoms with Crippen LogP contribution in [0.2, 0.25) is 5.02 Å². The molecule has 0 fully saturated rings. The van der Waals surface area contributed by atoms with Crippen molar-refractivity contribution in [2.75, 3.05) is 20.2 Å². The van der Waals surface area contributed by atoms with Gasteiger partial charge >= 0.3 is 0 Å². The van der Waals surface area contributed by atoms with Crippen molar-refractivity contribution >= 4 is 17.5 Å². The van der Waals surface area contributed by atoms with E-state index < -0.39 is 0 Å². The summed E-state index contributed by atoms with van der Waals surface area (Å²) in [5.41, 5.74) is 1.05. The summed E-state index contributed by atoms with van der Waals surface area (Å²) in [6.45, 7) is 5.69. The number of ether oxygens (including phenoxy) is 1. The summed E-state index contributed by atoms with van der Waals surface area (Å²) < 4.78 is 5.81. The molecule has 1 unspecified atom stereocenters. The van der Waals surface area contributed by atoms with Crippen LogP contribution >= 0.6 is 11.6 Å². The van der Waals surface area contributed by atoms with Crippen LogP contribution in [0.3, 0.4) is 0 Å². The first-order valence-corrected chi connectivity index (χ1v) is 7.82. The molecule has 1 atom stereocenters. The van der Waals surface area contributed by atoms with Crippen molar-refractivity contribution < 1.29 is 9.53 Å². The van der Waals surface area contributed by atoms with E-state index in [0.29, 0.717) is 24.5 Å². The molecule has 0 radical (unpaired) electrons. The van der Waals surface area contributed by atoms with Gasteiger partial charge in [-0.05, 0) is 44.5 Å². The van der Waals surface area contributed by atoms with Crippen molar-refractivity contribution in [2.45, 2.75) is 39.2 Å². The molecule has 0 aliphatic rings. The van der Waals surface area contributed by atoms with E-state index in [2.05, 4.69) is 24.5 Å². The fraction of sp³-hybridized carbons (Fsp3) is 0.562. The van der Waals surface area contributed by atoms with Crippen LogP contribution in [0.5, 0.6) is 5.75 Å². The number of amides is 1. The minimum atomic E-state index is 0.0351. The van der Waals surface area contributed by atoms with Crippen LogP contribution in [0.15, 0.2) is 18.2 Å². The Hall–Kier alpha value is -1.26. The third kappa shape index (κ3) is 6.36. The molecule has 1 rings (SSSR count). The van der Waals surface area contributed by atoms with Crippen LogP contribution in [-0.4, -0.2) is 26.1 Å². The summed E-state index contributed by atoms with van der Waals surface area (Å²) in [7, 11) is 1.64. The summed E-state index contributed by atoms with van der Waals surface area (Å²) in [5.74, 6) is 0.861. The predicted molar refractivity (Wildman–Crippen MR) is 87.0 cm³/mol. The molecule has 0 bridgehead atoms. The van der Waals surface area contributed by atoms with Gasteiger partial charge in [0, 0.05) is 30.1 Å². The van der Waals surface area contributed by atoms with E-state index in [4.69, 9.17) is 16.3 Å². The van der Waals surface area contributed by atoms with Crippen molar-refractivity contribution in [2.24, 2.45) is 0 Å². The number of halogens is 1. The van der Waals surface area contributed by atoms with E-state index in [1.165, 1.54) is 0 Å². The monoisotopic (exact) mass is 312 g/mol. The predicted octanol–water partition coefficient (Wildman–Crippen LogP) is 3.31. The molecule has 5 heteroatoms. The fourth-order valence-corrected chi connectivity index (χ4v) is 2.18. The lowest BCUT2D eigenvalue weighted by Crippen LogP contribution is -2.20. The average Bonchev–Trinajstić information content (AvgIpc) is 2.49. The summed E-state index contributed by atoms with van der Waals surface area (Å²) in [6.07, 6.45) is 2.24. The van der Waals surface area contributed by atoms with Gasteiger partial charge in [0.1, 0.15) is 5.75 Å². The molecule has 4 nitrogen and oxygen atoms in total. The number of nitrogens with one attached hydrogen (secondary N) is 2. The van der Waals surface area contributed by atoms with Crippen LogP contribution < -0.4 is 15.4 Å². The highest BCUT2D eigenvalue weighted by atomic mass is 35.5. The average molecular weight is 313 g/mol. The molecule has 0 aromatic heterocycles. The molecular formula is C16H25ClN2O2. The highest BCUT2D eigenvalue weighted by molar-refractivity contribution is 6.30. The smallest absolute Gasteiger partial charge is 0.219 e. The highest BCUT2D eigenvalue weighted by Gasteiger charge is 2.12. The van der Waals surface area contributed by atoms with E-state index in [1.807, 2.05) is 18.2 Å². The minimum Gasteiger partial charge on any atom is -0.493 e. The van der Waals surface area contributed by atoms with Crippen molar-refractivity contribution in [1.29, 1.82) is 0 Å². The Morgan fingerprint density at radius 1 is 1.43 bits per heavy atom. The maximum Gasteiger partial charge on any atom is 0.219 e. The van der Waals surface area contributed by atoms with Crippen LogP contribution in [0, 0.1) is 0 Å². The summed E-state index contributed by atoms with van der Waals surface area (Å²) in [4.78, 5) is 11.2. The summed E-state index contributed by atoms with van der Waals surface area (Å²) in [6, 6.07) is 5.83. The maximum absolute atomic E-state index is 11.2. The Bertz CT molecular complexity index is 452. The molecular weight excluding hydrogens is 288 g/mol. The molecule has 0 saturated heterocycles. The van der Waals surface area contributed by atoms with Gasteiger partial charge < -0.3 is 15.4 Å². The molecule has 21 heavy (non-hydrogen) atoms. The summed E-state index contributed by atoms with van der Waals surface area (Å²) in [5, 5.41) is 6.73. The third-order valence-corrected chi connectivity index (χ3v) is 3.46. The SMILES string of the molecule is CCCNC(C)c1cc(Cl)ccc1OCCCC(=O)NC. The molecule has 0 aliphatic carbocycles. The lowest BCUT2D eigenvalue weighted by molar-refractivity contribution is -0.120. The van der Waals surface area contributed by atoms with E-state index in [-0.39, 0.29) is 11.9 Å². The lowest BCUT2D eigenvalue weighted by Gasteiger charge is -2.18. The van der Waals surface area contributed by atoms with Gasteiger partial charge in [0.25, 0.3) is 0 Å². The van der Waals surface area contributed by atoms with Gasteiger partial charge in [0.2, 0.25) is 5.91 Å². The topological polar surface area (TPSA) is 50.4 Å². The second-order valence-electron chi connectivity index (χ2n) is 4.98. The van der Waals surface area contributed by atoms with E-state index in [0.717, 1.165) is 24.3 Å². The first-order chi connectivity index (χ1) is 10.1. The highest BCUT2D eigenvalue weighted by Crippen LogP contribution is 2.28. The molecule has 118 valence electrons. The quantitative estimate of drug-likeness (QED) is 0.688. The number of carbonyl (C=O) groups is 1. The zero-order chi connectivity index (χ0) is 15.7. The van der Waals surface area contributed by atoms with Crippen molar-refractivity contribution in [1.82, 2.24) is 10.6 Å². The van der Waals surface area contributed by atoms with Crippen molar-refractivity contribution in [3.05, 3.63) is 28.8 Å². The Balaban J connectivity index is 2.61. The standard InChI is InChI=1S/C16H25ClN2O2/c1-4-9-19-12(2)14-11-13(17)7-8-15(14)21-10-5-6-16(20)18-3/h7-8,11-12,19H,4-6,9-10H2,1-3H3,(H,18,20). The Morgan fingerprint density at radius 2 is 2.19 bits per heavy atom. The largest absolute Gasteiger partial charge is 0.493 e. The van der Waals surface area contributed by atoms with Gasteiger partial charge in [-0.15, -0.1) is 0 Å². The molecule has 1 aromatic carbocycles. The van der Waals surface area contributed by atoms with E-state index in [1.54, 1.807) is 7.05 Å². The number of rotatable bonds is 9. The molecule has 2 N–H and O–H groups in total. The summed E-state index contributed by atoms with van der Waals surface area (Å²) >= 11 is 6.08. The van der Waals surface area contributed by atoms with Crippen LogP contribution in [0.1, 0.15) is 44.7 Å². The van der Waals surface area contributed by atoms with E-state index >= 15 is 0 Å². The van der Waals surface area contributed by atoms with Gasteiger partial charge in [0.05, 0.1) is 6.61 Å². The molecule has 1 aromatic rings. The third-order valence-electron chi connectivity index (χ3n) is 3.22. The normalized spacial score (nSPS) is 12.0. The Labute approximate surface area is 132 Å². The van der Waals surface area contributed by atoms with Gasteiger partial charge in [0.15, 0.2) is 0 Å². The zero-order valence-corrected chi connectivity index (χ0v) is 13.8. The first kappa shape index (κ1) is 17.8. The maximum atomic E-state index is 11.2. The Kier molecular flexibility index (Phi) is 8.16. The number of benzene rings is 1. The lowest BCUT2D eigenvalue weighted by atomic mass is 10.1. The number of carbonyl (C=O) groups excluding carboxylic acids is 1.